The van der Waals surface area contributed by atoms with Crippen molar-refractivity contribution >= 4 is 5.95 Å². The summed E-state index contributed by atoms with van der Waals surface area (Å²) < 4.78 is 1.78. The molecule has 2 unspecified atom stereocenters. The Morgan fingerprint density at radius 2 is 2.11 bits per heavy atom. The lowest BCUT2D eigenvalue weighted by Gasteiger charge is -2.18. The first-order chi connectivity index (χ1) is 9.25. The van der Waals surface area contributed by atoms with Crippen molar-refractivity contribution in [3.05, 3.63) is 30.3 Å². The molecule has 1 aromatic heterocycles. The molecule has 100 valence electrons. The van der Waals surface area contributed by atoms with E-state index in [0.717, 1.165) is 31.1 Å². The monoisotopic (exact) mass is 258 g/mol. The van der Waals surface area contributed by atoms with Crippen molar-refractivity contribution in [1.82, 2.24) is 20.2 Å². The third-order valence-corrected chi connectivity index (χ3v) is 3.70. The van der Waals surface area contributed by atoms with Gasteiger partial charge in [-0.3, -0.25) is 0 Å². The number of nitrogens with zero attached hydrogens (tertiary/aromatic N) is 5. The van der Waals surface area contributed by atoms with Crippen LogP contribution in [0.15, 0.2) is 30.3 Å². The zero-order valence-corrected chi connectivity index (χ0v) is 11.0. The number of hydrogen-bond donors (Lipinski definition) is 1. The first-order valence-electron chi connectivity index (χ1n) is 6.60. The third-order valence-electron chi connectivity index (χ3n) is 3.70. The quantitative estimate of drug-likeness (QED) is 0.883. The third kappa shape index (κ3) is 2.31. The van der Waals surface area contributed by atoms with Crippen molar-refractivity contribution in [3.8, 4) is 5.69 Å². The number of tetrazole rings is 1. The van der Waals surface area contributed by atoms with Crippen LogP contribution < -0.4 is 10.6 Å². The first kappa shape index (κ1) is 12.1. The summed E-state index contributed by atoms with van der Waals surface area (Å²) in [6, 6.07) is 10.2. The molecular weight excluding hydrogens is 240 g/mol. The van der Waals surface area contributed by atoms with E-state index in [1.165, 1.54) is 0 Å². The lowest BCUT2D eigenvalue weighted by Crippen LogP contribution is -2.30. The molecule has 2 heterocycles. The van der Waals surface area contributed by atoms with E-state index >= 15 is 0 Å². The lowest BCUT2D eigenvalue weighted by atomic mass is 10.0. The van der Waals surface area contributed by atoms with Crippen molar-refractivity contribution in [2.75, 3.05) is 18.0 Å². The lowest BCUT2D eigenvalue weighted by molar-refractivity contribution is 0.487. The Balaban J connectivity index is 1.86. The standard InChI is InChI=1S/C13H18N6/c1-10(14)11-7-8-18(9-11)13-15-16-17-19(13)12-5-3-2-4-6-12/h2-6,10-11H,7-9,14H2,1H3. The summed E-state index contributed by atoms with van der Waals surface area (Å²) in [7, 11) is 0. The number of aromatic nitrogens is 4. The van der Waals surface area contributed by atoms with Gasteiger partial charge in [-0.2, -0.15) is 4.68 Å². The normalized spacial score (nSPS) is 20.7. The topological polar surface area (TPSA) is 72.9 Å². The van der Waals surface area contributed by atoms with Gasteiger partial charge in [0.25, 0.3) is 0 Å². The average Bonchev–Trinajstić information content (AvgIpc) is 3.08. The molecule has 19 heavy (non-hydrogen) atoms. The van der Waals surface area contributed by atoms with Crippen LogP contribution in [-0.4, -0.2) is 39.3 Å². The molecule has 0 saturated carbocycles. The highest BCUT2D eigenvalue weighted by molar-refractivity contribution is 5.41. The second-order valence-electron chi connectivity index (χ2n) is 5.08. The van der Waals surface area contributed by atoms with E-state index in [1.807, 2.05) is 30.3 Å². The summed E-state index contributed by atoms with van der Waals surface area (Å²) in [5.74, 6) is 1.32. The molecule has 1 saturated heterocycles. The highest BCUT2D eigenvalue weighted by Gasteiger charge is 2.28. The fourth-order valence-corrected chi connectivity index (χ4v) is 2.51. The second kappa shape index (κ2) is 4.97. The van der Waals surface area contributed by atoms with E-state index in [1.54, 1.807) is 4.68 Å². The van der Waals surface area contributed by atoms with Crippen LogP contribution in [0.2, 0.25) is 0 Å². The molecule has 1 aromatic carbocycles. The molecule has 2 atom stereocenters. The van der Waals surface area contributed by atoms with E-state index in [4.69, 9.17) is 5.73 Å². The molecule has 0 amide bonds. The molecule has 2 aromatic rings. The Hall–Kier alpha value is -1.95. The number of anilines is 1. The largest absolute Gasteiger partial charge is 0.339 e. The van der Waals surface area contributed by atoms with Crippen molar-refractivity contribution in [1.29, 1.82) is 0 Å². The predicted molar refractivity (Wildman–Crippen MR) is 73.1 cm³/mol. The number of benzene rings is 1. The summed E-state index contributed by atoms with van der Waals surface area (Å²) >= 11 is 0. The van der Waals surface area contributed by atoms with Gasteiger partial charge in [-0.05, 0) is 41.8 Å². The Labute approximate surface area is 112 Å². The zero-order chi connectivity index (χ0) is 13.2. The molecule has 0 aliphatic carbocycles. The minimum Gasteiger partial charge on any atom is -0.339 e. The first-order valence-corrected chi connectivity index (χ1v) is 6.60. The summed E-state index contributed by atoms with van der Waals surface area (Å²) in [6.07, 6.45) is 1.10. The number of rotatable bonds is 3. The van der Waals surface area contributed by atoms with Gasteiger partial charge in [-0.1, -0.05) is 23.3 Å². The van der Waals surface area contributed by atoms with Crippen LogP contribution in [0.5, 0.6) is 0 Å². The van der Waals surface area contributed by atoms with E-state index < -0.39 is 0 Å². The van der Waals surface area contributed by atoms with Gasteiger partial charge < -0.3 is 10.6 Å². The molecule has 1 fully saturated rings. The molecule has 3 rings (SSSR count). The Kier molecular flexibility index (Phi) is 3.16. The maximum Gasteiger partial charge on any atom is 0.250 e. The fraction of sp³-hybridized carbons (Fsp3) is 0.462. The second-order valence-corrected chi connectivity index (χ2v) is 5.08. The Morgan fingerprint density at radius 1 is 1.32 bits per heavy atom. The average molecular weight is 258 g/mol. The minimum absolute atomic E-state index is 0.214. The van der Waals surface area contributed by atoms with Crippen LogP contribution in [0.25, 0.3) is 5.69 Å². The van der Waals surface area contributed by atoms with E-state index in [0.29, 0.717) is 5.92 Å². The molecule has 6 heteroatoms. The highest BCUT2D eigenvalue weighted by atomic mass is 15.6. The molecule has 1 aliphatic heterocycles. The molecule has 2 N–H and O–H groups in total. The Morgan fingerprint density at radius 3 is 2.79 bits per heavy atom. The Bertz CT molecular complexity index is 535. The van der Waals surface area contributed by atoms with Gasteiger partial charge in [-0.25, -0.2) is 0 Å². The van der Waals surface area contributed by atoms with Gasteiger partial charge in [0.15, 0.2) is 0 Å². The van der Waals surface area contributed by atoms with Crippen LogP contribution in [0, 0.1) is 5.92 Å². The van der Waals surface area contributed by atoms with Gasteiger partial charge in [0.2, 0.25) is 5.95 Å². The van der Waals surface area contributed by atoms with Crippen LogP contribution in [0.1, 0.15) is 13.3 Å². The van der Waals surface area contributed by atoms with E-state index in [-0.39, 0.29) is 6.04 Å². The minimum atomic E-state index is 0.214. The molecule has 6 nitrogen and oxygen atoms in total. The van der Waals surface area contributed by atoms with Gasteiger partial charge in [0.1, 0.15) is 0 Å². The summed E-state index contributed by atoms with van der Waals surface area (Å²) in [4.78, 5) is 2.21. The van der Waals surface area contributed by atoms with Crippen molar-refractivity contribution in [3.63, 3.8) is 0 Å². The van der Waals surface area contributed by atoms with Crippen LogP contribution in [0.3, 0.4) is 0 Å². The van der Waals surface area contributed by atoms with Crippen LogP contribution >= 0.6 is 0 Å². The van der Waals surface area contributed by atoms with Gasteiger partial charge in [0, 0.05) is 19.1 Å². The fourth-order valence-electron chi connectivity index (χ4n) is 2.51. The van der Waals surface area contributed by atoms with Crippen molar-refractivity contribution in [2.45, 2.75) is 19.4 Å². The maximum absolute atomic E-state index is 5.98. The molecule has 0 bridgehead atoms. The van der Waals surface area contributed by atoms with Gasteiger partial charge >= 0.3 is 0 Å². The molecular formula is C13H18N6. The predicted octanol–water partition coefficient (Wildman–Crippen LogP) is 0.836. The van der Waals surface area contributed by atoms with E-state index in [2.05, 4.69) is 27.3 Å². The molecule has 0 radical (unpaired) electrons. The van der Waals surface area contributed by atoms with Crippen molar-refractivity contribution < 1.29 is 0 Å². The molecule has 1 aliphatic rings. The van der Waals surface area contributed by atoms with Crippen molar-refractivity contribution in [2.24, 2.45) is 11.7 Å². The molecule has 0 spiro atoms. The number of hydrogen-bond acceptors (Lipinski definition) is 5. The highest BCUT2D eigenvalue weighted by Crippen LogP contribution is 2.24. The van der Waals surface area contributed by atoms with Gasteiger partial charge in [0.05, 0.1) is 5.69 Å². The number of nitrogens with two attached hydrogens (primary N) is 1. The maximum atomic E-state index is 5.98. The smallest absolute Gasteiger partial charge is 0.250 e. The van der Waals surface area contributed by atoms with Crippen LogP contribution in [0.4, 0.5) is 5.95 Å². The number of para-hydroxylation sites is 1. The van der Waals surface area contributed by atoms with Crippen LogP contribution in [-0.2, 0) is 0 Å². The van der Waals surface area contributed by atoms with Gasteiger partial charge in [-0.15, -0.1) is 0 Å². The summed E-state index contributed by atoms with van der Waals surface area (Å²) in [5.41, 5.74) is 6.96. The summed E-state index contributed by atoms with van der Waals surface area (Å²) in [5, 5.41) is 12.0. The SMILES string of the molecule is CC(N)C1CCN(c2nnnn2-c2ccccc2)C1. The van der Waals surface area contributed by atoms with E-state index in [9.17, 15) is 0 Å². The summed E-state index contributed by atoms with van der Waals surface area (Å²) in [6.45, 7) is 3.94. The zero-order valence-electron chi connectivity index (χ0n) is 11.0.